The SMILES string of the molecule is Cn1c2cc3ccccc3cc2c2c(-c3ccc(C(C)(C)C)c4ccccc34)ncnc21. The summed E-state index contributed by atoms with van der Waals surface area (Å²) in [5.74, 6) is 0. The van der Waals surface area contributed by atoms with Gasteiger partial charge in [0.2, 0.25) is 0 Å². The number of hydrogen-bond acceptors (Lipinski definition) is 2. The molecule has 32 heavy (non-hydrogen) atoms. The second-order valence-corrected chi connectivity index (χ2v) is 9.65. The zero-order valence-electron chi connectivity index (χ0n) is 18.8. The molecular formula is C29H25N3. The third-order valence-corrected chi connectivity index (χ3v) is 6.63. The van der Waals surface area contributed by atoms with E-state index in [-0.39, 0.29) is 5.41 Å². The first kappa shape index (κ1) is 19.0. The van der Waals surface area contributed by atoms with E-state index in [0.29, 0.717) is 0 Å². The van der Waals surface area contributed by atoms with Crippen LogP contribution in [0.1, 0.15) is 26.3 Å². The Hall–Kier alpha value is -3.72. The van der Waals surface area contributed by atoms with Crippen LogP contribution in [0.2, 0.25) is 0 Å². The number of benzene rings is 4. The monoisotopic (exact) mass is 415 g/mol. The summed E-state index contributed by atoms with van der Waals surface area (Å²) in [4.78, 5) is 9.52. The van der Waals surface area contributed by atoms with Gasteiger partial charge in [-0.05, 0) is 44.7 Å². The predicted molar refractivity (Wildman–Crippen MR) is 135 cm³/mol. The van der Waals surface area contributed by atoms with Crippen LogP contribution in [0.3, 0.4) is 0 Å². The second-order valence-electron chi connectivity index (χ2n) is 9.65. The van der Waals surface area contributed by atoms with Crippen LogP contribution >= 0.6 is 0 Å². The number of aromatic nitrogens is 3. The second kappa shape index (κ2) is 6.64. The van der Waals surface area contributed by atoms with Gasteiger partial charge in [-0.25, -0.2) is 9.97 Å². The summed E-state index contributed by atoms with van der Waals surface area (Å²) >= 11 is 0. The van der Waals surface area contributed by atoms with Crippen molar-refractivity contribution in [2.75, 3.05) is 0 Å². The Bertz CT molecular complexity index is 1670. The number of hydrogen-bond donors (Lipinski definition) is 0. The molecule has 3 heteroatoms. The standard InChI is InChI=1S/C29H25N3/c1-29(2,3)24-14-13-22(20-11-7-8-12-21(20)24)27-26-23-15-18-9-5-6-10-19(18)16-25(23)32(4)28(26)31-17-30-27/h5-17H,1-4H3. The molecule has 0 spiro atoms. The lowest BCUT2D eigenvalue weighted by atomic mass is 9.82. The molecule has 0 bridgehead atoms. The molecule has 0 saturated heterocycles. The van der Waals surface area contributed by atoms with E-state index in [1.807, 2.05) is 0 Å². The Labute approximate surface area is 187 Å². The Balaban J connectivity index is 1.75. The van der Waals surface area contributed by atoms with E-state index in [4.69, 9.17) is 4.98 Å². The van der Waals surface area contributed by atoms with Crippen LogP contribution < -0.4 is 0 Å². The predicted octanol–water partition coefficient (Wildman–Crippen LogP) is 7.39. The molecule has 2 heterocycles. The van der Waals surface area contributed by atoms with Crippen molar-refractivity contribution in [3.05, 3.63) is 84.7 Å². The fraction of sp³-hybridized carbons (Fsp3) is 0.172. The number of aryl methyl sites for hydroxylation is 1. The van der Waals surface area contributed by atoms with Crippen molar-refractivity contribution in [1.29, 1.82) is 0 Å². The van der Waals surface area contributed by atoms with Crippen molar-refractivity contribution in [3.8, 4) is 11.3 Å². The van der Waals surface area contributed by atoms with Gasteiger partial charge in [0.25, 0.3) is 0 Å². The van der Waals surface area contributed by atoms with Crippen LogP contribution in [-0.2, 0) is 12.5 Å². The van der Waals surface area contributed by atoms with Crippen LogP contribution in [-0.4, -0.2) is 14.5 Å². The maximum Gasteiger partial charge on any atom is 0.144 e. The average molecular weight is 416 g/mol. The fourth-order valence-electron chi connectivity index (χ4n) is 5.06. The van der Waals surface area contributed by atoms with Gasteiger partial charge < -0.3 is 4.57 Å². The molecule has 0 aliphatic heterocycles. The van der Waals surface area contributed by atoms with Crippen LogP contribution in [0.5, 0.6) is 0 Å². The lowest BCUT2D eigenvalue weighted by molar-refractivity contribution is 0.596. The number of fused-ring (bicyclic) bond motifs is 5. The van der Waals surface area contributed by atoms with E-state index in [2.05, 4.69) is 110 Å². The van der Waals surface area contributed by atoms with Crippen molar-refractivity contribution >= 4 is 43.5 Å². The molecule has 0 radical (unpaired) electrons. The van der Waals surface area contributed by atoms with Crippen molar-refractivity contribution in [2.24, 2.45) is 7.05 Å². The molecule has 6 rings (SSSR count). The molecule has 2 aromatic heterocycles. The minimum atomic E-state index is 0.0670. The summed E-state index contributed by atoms with van der Waals surface area (Å²) in [6, 6.07) is 26.3. The van der Waals surface area contributed by atoms with Gasteiger partial charge >= 0.3 is 0 Å². The van der Waals surface area contributed by atoms with Gasteiger partial charge in [-0.1, -0.05) is 81.4 Å². The summed E-state index contributed by atoms with van der Waals surface area (Å²) in [6.07, 6.45) is 1.70. The Morgan fingerprint density at radius 2 is 1.41 bits per heavy atom. The highest BCUT2D eigenvalue weighted by atomic mass is 15.0. The summed E-state index contributed by atoms with van der Waals surface area (Å²) in [7, 11) is 2.09. The van der Waals surface area contributed by atoms with E-state index in [1.54, 1.807) is 6.33 Å². The minimum Gasteiger partial charge on any atom is -0.328 e. The third kappa shape index (κ3) is 2.67. The molecule has 0 fully saturated rings. The molecule has 156 valence electrons. The first-order valence-corrected chi connectivity index (χ1v) is 11.1. The molecule has 3 nitrogen and oxygen atoms in total. The van der Waals surface area contributed by atoms with Gasteiger partial charge in [-0.2, -0.15) is 0 Å². The summed E-state index contributed by atoms with van der Waals surface area (Å²) in [5, 5.41) is 7.30. The summed E-state index contributed by atoms with van der Waals surface area (Å²) < 4.78 is 2.19. The third-order valence-electron chi connectivity index (χ3n) is 6.63. The molecule has 4 aromatic carbocycles. The van der Waals surface area contributed by atoms with Crippen molar-refractivity contribution in [3.63, 3.8) is 0 Å². The molecule has 0 amide bonds. The lowest BCUT2D eigenvalue weighted by Gasteiger charge is -2.22. The Kier molecular flexibility index (Phi) is 3.94. The first-order chi connectivity index (χ1) is 15.4. The van der Waals surface area contributed by atoms with E-state index in [0.717, 1.165) is 22.3 Å². The van der Waals surface area contributed by atoms with Gasteiger partial charge in [-0.3, -0.25) is 0 Å². The Morgan fingerprint density at radius 3 is 2.16 bits per heavy atom. The van der Waals surface area contributed by atoms with Crippen LogP contribution in [0.25, 0.3) is 54.7 Å². The highest BCUT2D eigenvalue weighted by Gasteiger charge is 2.21. The molecule has 0 aliphatic rings. The molecule has 0 N–H and O–H groups in total. The maximum absolute atomic E-state index is 4.84. The molecule has 6 aromatic rings. The fourth-order valence-corrected chi connectivity index (χ4v) is 5.06. The van der Waals surface area contributed by atoms with Crippen molar-refractivity contribution < 1.29 is 0 Å². The molecule has 0 atom stereocenters. The zero-order valence-corrected chi connectivity index (χ0v) is 18.8. The van der Waals surface area contributed by atoms with Crippen molar-refractivity contribution in [2.45, 2.75) is 26.2 Å². The topological polar surface area (TPSA) is 30.7 Å². The van der Waals surface area contributed by atoms with Gasteiger partial charge in [0.15, 0.2) is 0 Å². The molecule has 0 saturated carbocycles. The molecule has 0 aliphatic carbocycles. The van der Waals surface area contributed by atoms with E-state index < -0.39 is 0 Å². The van der Waals surface area contributed by atoms with Crippen LogP contribution in [0.4, 0.5) is 0 Å². The van der Waals surface area contributed by atoms with Gasteiger partial charge in [-0.15, -0.1) is 0 Å². The van der Waals surface area contributed by atoms with Crippen LogP contribution in [0, 0.1) is 0 Å². The first-order valence-electron chi connectivity index (χ1n) is 11.1. The number of rotatable bonds is 1. The van der Waals surface area contributed by atoms with Gasteiger partial charge in [0.1, 0.15) is 12.0 Å². The highest BCUT2D eigenvalue weighted by Crippen LogP contribution is 2.40. The van der Waals surface area contributed by atoms with Crippen molar-refractivity contribution in [1.82, 2.24) is 14.5 Å². The zero-order chi connectivity index (χ0) is 22.0. The van der Waals surface area contributed by atoms with E-state index in [1.165, 1.54) is 38.0 Å². The maximum atomic E-state index is 4.84. The quantitative estimate of drug-likeness (QED) is 0.280. The number of nitrogens with zero attached hydrogens (tertiary/aromatic N) is 3. The van der Waals surface area contributed by atoms with E-state index in [9.17, 15) is 0 Å². The van der Waals surface area contributed by atoms with Gasteiger partial charge in [0.05, 0.1) is 16.6 Å². The lowest BCUT2D eigenvalue weighted by Crippen LogP contribution is -2.11. The smallest absolute Gasteiger partial charge is 0.144 e. The van der Waals surface area contributed by atoms with E-state index >= 15 is 0 Å². The Morgan fingerprint density at radius 1 is 0.719 bits per heavy atom. The minimum absolute atomic E-state index is 0.0670. The van der Waals surface area contributed by atoms with Gasteiger partial charge in [0, 0.05) is 18.0 Å². The summed E-state index contributed by atoms with van der Waals surface area (Å²) in [5.41, 5.74) is 5.71. The van der Waals surface area contributed by atoms with Crippen LogP contribution in [0.15, 0.2) is 79.1 Å². The average Bonchev–Trinajstić information content (AvgIpc) is 3.08. The largest absolute Gasteiger partial charge is 0.328 e. The summed E-state index contributed by atoms with van der Waals surface area (Å²) in [6.45, 7) is 6.81. The molecule has 0 unspecified atom stereocenters. The molecular weight excluding hydrogens is 390 g/mol. The highest BCUT2D eigenvalue weighted by molar-refractivity contribution is 6.17. The normalized spacial score (nSPS) is 12.4.